The van der Waals surface area contributed by atoms with Crippen LogP contribution in [-0.2, 0) is 4.79 Å². The lowest BCUT2D eigenvalue weighted by molar-refractivity contribution is -0.121. The Morgan fingerprint density at radius 2 is 1.39 bits per heavy atom. The van der Waals surface area contributed by atoms with E-state index in [9.17, 15) is 19.2 Å². The van der Waals surface area contributed by atoms with E-state index in [2.05, 4.69) is 10.2 Å². The number of piperazine rings is 1. The molecule has 0 bridgehead atoms. The zero-order valence-corrected chi connectivity index (χ0v) is 19.1. The van der Waals surface area contributed by atoms with E-state index in [-0.39, 0.29) is 11.8 Å². The highest BCUT2D eigenvalue weighted by molar-refractivity contribution is 6.23. The molecule has 0 aromatic heterocycles. The van der Waals surface area contributed by atoms with Crippen molar-refractivity contribution in [3.05, 3.63) is 65.2 Å². The molecule has 8 heteroatoms. The number of rotatable bonds is 5. The molecule has 4 amide bonds. The van der Waals surface area contributed by atoms with Gasteiger partial charge in [0.2, 0.25) is 5.91 Å². The lowest BCUT2D eigenvalue weighted by atomic mass is 10.0. The third-order valence-electron chi connectivity index (χ3n) is 6.19. The van der Waals surface area contributed by atoms with Gasteiger partial charge >= 0.3 is 0 Å². The van der Waals surface area contributed by atoms with Gasteiger partial charge in [-0.1, -0.05) is 26.0 Å². The molecule has 2 aromatic carbocycles. The quantitative estimate of drug-likeness (QED) is 0.709. The van der Waals surface area contributed by atoms with E-state index in [0.717, 1.165) is 18.0 Å². The van der Waals surface area contributed by atoms with Crippen molar-refractivity contribution in [2.75, 3.05) is 38.5 Å². The molecule has 2 aromatic rings. The molecule has 8 nitrogen and oxygen atoms in total. The van der Waals surface area contributed by atoms with Crippen LogP contribution in [0.3, 0.4) is 0 Å². The second-order valence-corrected chi connectivity index (χ2v) is 8.88. The summed E-state index contributed by atoms with van der Waals surface area (Å²) < 4.78 is 0. The molecule has 1 N–H and O–H groups in total. The summed E-state index contributed by atoms with van der Waals surface area (Å²) in [4.78, 5) is 56.7. The van der Waals surface area contributed by atoms with Gasteiger partial charge in [0.1, 0.15) is 6.04 Å². The molecule has 2 aliphatic rings. The number of nitrogens with zero attached hydrogens (tertiary/aromatic N) is 3. The van der Waals surface area contributed by atoms with Crippen molar-refractivity contribution < 1.29 is 19.2 Å². The van der Waals surface area contributed by atoms with Crippen LogP contribution in [0.15, 0.2) is 48.5 Å². The first-order valence-electron chi connectivity index (χ1n) is 11.1. The Balaban J connectivity index is 1.47. The maximum absolute atomic E-state index is 13.1. The van der Waals surface area contributed by atoms with Gasteiger partial charge in [0, 0.05) is 37.4 Å². The minimum atomic E-state index is -0.955. The van der Waals surface area contributed by atoms with Crippen molar-refractivity contribution >= 4 is 29.3 Å². The summed E-state index contributed by atoms with van der Waals surface area (Å²) in [5.41, 5.74) is 1.68. The van der Waals surface area contributed by atoms with Crippen molar-refractivity contribution in [2.24, 2.45) is 5.92 Å². The predicted octanol–water partition coefficient (Wildman–Crippen LogP) is 2.33. The van der Waals surface area contributed by atoms with Crippen LogP contribution in [0, 0.1) is 5.92 Å². The predicted molar refractivity (Wildman–Crippen MR) is 124 cm³/mol. The number of carbonyl (C=O) groups is 4. The van der Waals surface area contributed by atoms with E-state index in [1.807, 2.05) is 11.9 Å². The normalized spacial score (nSPS) is 17.3. The Morgan fingerprint density at radius 1 is 0.848 bits per heavy atom. The zero-order chi connectivity index (χ0) is 23.7. The number of nitrogens with one attached hydrogen (secondary N) is 1. The number of fused-ring (bicyclic) bond motifs is 1. The van der Waals surface area contributed by atoms with Crippen molar-refractivity contribution in [3.63, 3.8) is 0 Å². The number of imide groups is 1. The van der Waals surface area contributed by atoms with Crippen LogP contribution in [0.1, 0.15) is 44.9 Å². The monoisotopic (exact) mass is 448 g/mol. The number of amides is 4. The third kappa shape index (κ3) is 4.39. The van der Waals surface area contributed by atoms with E-state index in [1.165, 1.54) is 0 Å². The van der Waals surface area contributed by atoms with Crippen LogP contribution in [0.2, 0.25) is 0 Å². The topological polar surface area (TPSA) is 90.0 Å². The van der Waals surface area contributed by atoms with Crippen molar-refractivity contribution in [1.29, 1.82) is 0 Å². The minimum Gasteiger partial charge on any atom is -0.336 e. The molecule has 2 heterocycles. The molecule has 1 saturated heterocycles. The van der Waals surface area contributed by atoms with Gasteiger partial charge in [-0.2, -0.15) is 0 Å². The largest absolute Gasteiger partial charge is 0.336 e. The van der Waals surface area contributed by atoms with Gasteiger partial charge < -0.3 is 15.1 Å². The number of carbonyl (C=O) groups excluding carboxylic acids is 4. The molecule has 1 unspecified atom stereocenters. The molecular formula is C25H28N4O4. The van der Waals surface area contributed by atoms with Gasteiger partial charge in [-0.15, -0.1) is 0 Å². The van der Waals surface area contributed by atoms with E-state index < -0.39 is 23.8 Å². The second kappa shape index (κ2) is 9.15. The van der Waals surface area contributed by atoms with Crippen LogP contribution in [0.5, 0.6) is 0 Å². The summed E-state index contributed by atoms with van der Waals surface area (Å²) in [6, 6.07) is 12.3. The van der Waals surface area contributed by atoms with Gasteiger partial charge in [-0.05, 0) is 49.4 Å². The van der Waals surface area contributed by atoms with Crippen LogP contribution in [-0.4, -0.2) is 77.6 Å². The summed E-state index contributed by atoms with van der Waals surface area (Å²) in [6.07, 6.45) is 0. The standard InChI is InChI=1S/C25H28N4O4/c1-16(2)21(29-24(32)19-6-4-5-7-20(19)25(29)33)22(30)26-18-10-8-17(9-11-18)23(31)28-14-12-27(3)13-15-28/h4-11,16,21H,12-15H2,1-3H3,(H,26,30). The Kier molecular flexibility index (Phi) is 6.29. The highest BCUT2D eigenvalue weighted by atomic mass is 16.2. The first-order valence-corrected chi connectivity index (χ1v) is 11.1. The Morgan fingerprint density at radius 3 is 1.91 bits per heavy atom. The average Bonchev–Trinajstić information content (AvgIpc) is 3.05. The molecule has 172 valence electrons. The first kappa shape index (κ1) is 22.7. The van der Waals surface area contributed by atoms with Gasteiger partial charge in [-0.3, -0.25) is 24.1 Å². The zero-order valence-electron chi connectivity index (χ0n) is 19.1. The third-order valence-corrected chi connectivity index (χ3v) is 6.19. The molecule has 1 fully saturated rings. The summed E-state index contributed by atoms with van der Waals surface area (Å²) in [6.45, 7) is 6.65. The Hall–Kier alpha value is -3.52. The number of hydrogen-bond acceptors (Lipinski definition) is 5. The van der Waals surface area contributed by atoms with Crippen LogP contribution in [0.4, 0.5) is 5.69 Å². The lowest BCUT2D eigenvalue weighted by Gasteiger charge is -2.32. The molecule has 0 saturated carbocycles. The maximum atomic E-state index is 13.1. The van der Waals surface area contributed by atoms with Crippen LogP contribution < -0.4 is 5.32 Å². The fourth-order valence-electron chi connectivity index (χ4n) is 4.28. The molecule has 33 heavy (non-hydrogen) atoms. The molecule has 1 atom stereocenters. The van der Waals surface area contributed by atoms with E-state index in [0.29, 0.717) is 35.5 Å². The van der Waals surface area contributed by atoms with Crippen LogP contribution in [0.25, 0.3) is 0 Å². The van der Waals surface area contributed by atoms with Gasteiger partial charge in [0.25, 0.3) is 17.7 Å². The molecular weight excluding hydrogens is 420 g/mol. The molecule has 0 radical (unpaired) electrons. The van der Waals surface area contributed by atoms with Crippen molar-refractivity contribution in [3.8, 4) is 0 Å². The van der Waals surface area contributed by atoms with Crippen LogP contribution >= 0.6 is 0 Å². The van der Waals surface area contributed by atoms with Gasteiger partial charge in [0.15, 0.2) is 0 Å². The molecule has 0 aliphatic carbocycles. The number of anilines is 1. The summed E-state index contributed by atoms with van der Waals surface area (Å²) >= 11 is 0. The minimum absolute atomic E-state index is 0.0351. The highest BCUT2D eigenvalue weighted by Crippen LogP contribution is 2.28. The fraction of sp³-hybridized carbons (Fsp3) is 0.360. The Bertz CT molecular complexity index is 1050. The van der Waals surface area contributed by atoms with E-state index >= 15 is 0 Å². The van der Waals surface area contributed by atoms with Gasteiger partial charge in [-0.25, -0.2) is 0 Å². The molecule has 2 aliphatic heterocycles. The van der Waals surface area contributed by atoms with E-state index in [1.54, 1.807) is 62.4 Å². The molecule has 0 spiro atoms. The van der Waals surface area contributed by atoms with Crippen molar-refractivity contribution in [2.45, 2.75) is 19.9 Å². The molecule has 4 rings (SSSR count). The lowest BCUT2D eigenvalue weighted by Crippen LogP contribution is -2.50. The maximum Gasteiger partial charge on any atom is 0.262 e. The number of benzene rings is 2. The fourth-order valence-corrected chi connectivity index (χ4v) is 4.28. The highest BCUT2D eigenvalue weighted by Gasteiger charge is 2.43. The summed E-state index contributed by atoms with van der Waals surface area (Å²) in [7, 11) is 2.03. The first-order chi connectivity index (χ1) is 15.8. The smallest absolute Gasteiger partial charge is 0.262 e. The number of likely N-dealkylation sites (N-methyl/N-ethyl adjacent to an activating group) is 1. The SMILES string of the molecule is CC(C)C(C(=O)Nc1ccc(C(=O)N2CCN(C)CC2)cc1)N1C(=O)c2ccccc2C1=O. The average molecular weight is 449 g/mol. The van der Waals surface area contributed by atoms with Crippen molar-refractivity contribution in [1.82, 2.24) is 14.7 Å². The second-order valence-electron chi connectivity index (χ2n) is 8.88. The summed E-state index contributed by atoms with van der Waals surface area (Å²) in [5, 5.41) is 2.80. The van der Waals surface area contributed by atoms with Gasteiger partial charge in [0.05, 0.1) is 11.1 Å². The summed E-state index contributed by atoms with van der Waals surface area (Å²) in [5.74, 6) is -1.69. The Labute approximate surface area is 193 Å². The number of hydrogen-bond donors (Lipinski definition) is 1. The van der Waals surface area contributed by atoms with E-state index in [4.69, 9.17) is 0 Å².